The lowest BCUT2D eigenvalue weighted by molar-refractivity contribution is 0.100. The number of carbonyl (C=O) groups excluding carboxylic acids is 1. The van der Waals surface area contributed by atoms with Gasteiger partial charge in [0.1, 0.15) is 11.6 Å². The fraction of sp³-hybridized carbons (Fsp3) is 0.346. The van der Waals surface area contributed by atoms with E-state index in [9.17, 15) is 4.79 Å². The second-order valence-electron chi connectivity index (χ2n) is 9.18. The van der Waals surface area contributed by atoms with Crippen LogP contribution in [0.5, 0.6) is 0 Å². The molecule has 8 nitrogen and oxygen atoms in total. The third-order valence-electron chi connectivity index (χ3n) is 5.96. The van der Waals surface area contributed by atoms with Gasteiger partial charge in [-0.15, -0.1) is 0 Å². The van der Waals surface area contributed by atoms with Gasteiger partial charge in [-0.3, -0.25) is 4.79 Å². The highest BCUT2D eigenvalue weighted by Crippen LogP contribution is 2.28. The lowest BCUT2D eigenvalue weighted by Crippen LogP contribution is -2.44. The van der Waals surface area contributed by atoms with Gasteiger partial charge in [0.05, 0.1) is 23.1 Å². The Labute approximate surface area is 201 Å². The molecule has 0 saturated carbocycles. The molecule has 0 bridgehead atoms. The smallest absolute Gasteiger partial charge is 0.252 e. The molecule has 8 heteroatoms. The Hall–Kier alpha value is -3.65. The summed E-state index contributed by atoms with van der Waals surface area (Å²) < 4.78 is 0. The molecule has 178 valence electrons. The molecule has 0 unspecified atom stereocenters. The van der Waals surface area contributed by atoms with Crippen LogP contribution < -0.4 is 21.3 Å². The molecule has 3 aromatic rings. The highest BCUT2D eigenvalue weighted by Gasteiger charge is 2.15. The van der Waals surface area contributed by atoms with Crippen LogP contribution in [0.1, 0.15) is 29.8 Å². The maximum Gasteiger partial charge on any atom is 0.252 e. The molecule has 0 aliphatic carbocycles. The molecule has 3 heterocycles. The lowest BCUT2D eigenvalue weighted by atomic mass is 10.0. The predicted octanol–water partition coefficient (Wildman–Crippen LogP) is 4.01. The number of aromatic nitrogens is 2. The highest BCUT2D eigenvalue weighted by molar-refractivity contribution is 5.99. The number of pyridine rings is 2. The Morgan fingerprint density at radius 2 is 1.71 bits per heavy atom. The first-order valence-corrected chi connectivity index (χ1v) is 11.7. The van der Waals surface area contributed by atoms with Crippen molar-refractivity contribution < 1.29 is 4.79 Å². The summed E-state index contributed by atoms with van der Waals surface area (Å²) in [5.74, 6) is 1.24. The van der Waals surface area contributed by atoms with E-state index in [1.54, 1.807) is 6.07 Å². The molecule has 1 saturated heterocycles. The number of anilines is 5. The van der Waals surface area contributed by atoms with E-state index in [0.29, 0.717) is 28.8 Å². The average Bonchev–Trinajstić information content (AvgIpc) is 2.81. The van der Waals surface area contributed by atoms with E-state index in [2.05, 4.69) is 63.4 Å². The zero-order valence-electron chi connectivity index (χ0n) is 20.1. The second kappa shape index (κ2) is 10.5. The number of nitrogens with two attached hydrogens (primary N) is 1. The molecule has 1 aliphatic heterocycles. The van der Waals surface area contributed by atoms with Crippen LogP contribution in [0.15, 0.2) is 54.9 Å². The molecule has 1 aliphatic rings. The number of primary amides is 1. The largest absolute Gasteiger partial charge is 0.368 e. The van der Waals surface area contributed by atoms with Crippen molar-refractivity contribution in [3.8, 4) is 0 Å². The Bertz CT molecular complexity index is 1120. The van der Waals surface area contributed by atoms with Crippen LogP contribution in [-0.4, -0.2) is 54.0 Å². The molecule has 1 fully saturated rings. The Morgan fingerprint density at radius 1 is 0.971 bits per heavy atom. The molecule has 4 N–H and O–H groups in total. The summed E-state index contributed by atoms with van der Waals surface area (Å²) in [5.41, 5.74) is 9.81. The standard InChI is InChI=1S/C26H33N7O/c1-18(2)14-19-6-4-5-7-22(19)30-23-15-25(29-17-21(23)26(27)34)31-24-9-8-20(16-28-24)33-12-10-32(3)11-13-33/h4-9,15-18H,10-14H2,1-3H3,(H2,27,34)(H2,28,29,30,31). The van der Waals surface area contributed by atoms with Crippen molar-refractivity contribution in [1.29, 1.82) is 0 Å². The minimum atomic E-state index is -0.530. The Kier molecular flexibility index (Phi) is 7.27. The zero-order chi connectivity index (χ0) is 24.1. The molecule has 0 atom stereocenters. The quantitative estimate of drug-likeness (QED) is 0.468. The van der Waals surface area contributed by atoms with Gasteiger partial charge in [0.15, 0.2) is 0 Å². The number of nitrogens with zero attached hydrogens (tertiary/aromatic N) is 4. The molecule has 0 spiro atoms. The lowest BCUT2D eigenvalue weighted by Gasteiger charge is -2.33. The summed E-state index contributed by atoms with van der Waals surface area (Å²) in [6.07, 6.45) is 4.30. The van der Waals surface area contributed by atoms with E-state index < -0.39 is 5.91 Å². The van der Waals surface area contributed by atoms with Crippen molar-refractivity contribution in [3.05, 3.63) is 66.0 Å². The van der Waals surface area contributed by atoms with Gasteiger partial charge in [-0.2, -0.15) is 0 Å². The number of benzene rings is 1. The number of likely N-dealkylation sites (N-methyl/N-ethyl adjacent to an activating group) is 1. The molecule has 1 amide bonds. The Morgan fingerprint density at radius 3 is 2.38 bits per heavy atom. The van der Waals surface area contributed by atoms with Gasteiger partial charge >= 0.3 is 0 Å². The van der Waals surface area contributed by atoms with Crippen molar-refractivity contribution in [2.45, 2.75) is 20.3 Å². The van der Waals surface area contributed by atoms with Gasteiger partial charge in [0, 0.05) is 44.1 Å². The van der Waals surface area contributed by atoms with Crippen molar-refractivity contribution >= 4 is 34.6 Å². The van der Waals surface area contributed by atoms with Crippen LogP contribution in [0, 0.1) is 5.92 Å². The topological polar surface area (TPSA) is 99.4 Å². The van der Waals surface area contributed by atoms with Crippen molar-refractivity contribution in [2.24, 2.45) is 11.7 Å². The fourth-order valence-electron chi connectivity index (χ4n) is 4.07. The number of para-hydroxylation sites is 1. The number of amides is 1. The monoisotopic (exact) mass is 459 g/mol. The van der Waals surface area contributed by atoms with Crippen molar-refractivity contribution in [2.75, 3.05) is 48.8 Å². The van der Waals surface area contributed by atoms with E-state index in [1.165, 1.54) is 11.8 Å². The number of rotatable bonds is 8. The van der Waals surface area contributed by atoms with E-state index in [4.69, 9.17) is 5.73 Å². The first kappa shape index (κ1) is 23.5. The summed E-state index contributed by atoms with van der Waals surface area (Å²) in [4.78, 5) is 25.7. The van der Waals surface area contributed by atoms with Crippen LogP contribution in [0.3, 0.4) is 0 Å². The fourth-order valence-corrected chi connectivity index (χ4v) is 4.07. The van der Waals surface area contributed by atoms with E-state index in [1.807, 2.05) is 30.5 Å². The van der Waals surface area contributed by atoms with E-state index in [-0.39, 0.29) is 0 Å². The summed E-state index contributed by atoms with van der Waals surface area (Å²) in [6.45, 7) is 8.45. The van der Waals surface area contributed by atoms with Crippen LogP contribution >= 0.6 is 0 Å². The van der Waals surface area contributed by atoms with Crippen LogP contribution in [0.4, 0.5) is 28.7 Å². The molecule has 4 rings (SSSR count). The SMILES string of the molecule is CC(C)Cc1ccccc1Nc1cc(Nc2ccc(N3CCN(C)CC3)cn2)ncc1C(N)=O. The molecular weight excluding hydrogens is 426 g/mol. The third-order valence-corrected chi connectivity index (χ3v) is 5.96. The van der Waals surface area contributed by atoms with Crippen molar-refractivity contribution in [3.63, 3.8) is 0 Å². The summed E-state index contributed by atoms with van der Waals surface area (Å²) in [7, 11) is 2.14. The van der Waals surface area contributed by atoms with Gasteiger partial charge in [0.25, 0.3) is 5.91 Å². The highest BCUT2D eigenvalue weighted by atomic mass is 16.1. The first-order chi connectivity index (χ1) is 16.4. The number of hydrogen-bond acceptors (Lipinski definition) is 7. The van der Waals surface area contributed by atoms with Gasteiger partial charge in [0.2, 0.25) is 0 Å². The number of carbonyl (C=O) groups is 1. The predicted molar refractivity (Wildman–Crippen MR) is 138 cm³/mol. The van der Waals surface area contributed by atoms with Gasteiger partial charge < -0.3 is 26.2 Å². The molecule has 2 aromatic heterocycles. The minimum absolute atomic E-state index is 0.336. The van der Waals surface area contributed by atoms with Crippen LogP contribution in [-0.2, 0) is 6.42 Å². The van der Waals surface area contributed by atoms with Crippen molar-refractivity contribution in [1.82, 2.24) is 14.9 Å². The molecule has 1 aromatic carbocycles. The number of nitrogens with one attached hydrogen (secondary N) is 2. The zero-order valence-corrected chi connectivity index (χ0v) is 20.1. The third kappa shape index (κ3) is 5.82. The molecular formula is C26H33N7O. The van der Waals surface area contributed by atoms with E-state index >= 15 is 0 Å². The first-order valence-electron chi connectivity index (χ1n) is 11.7. The van der Waals surface area contributed by atoms with Crippen LogP contribution in [0.25, 0.3) is 0 Å². The summed E-state index contributed by atoms with van der Waals surface area (Å²) in [5, 5.41) is 6.64. The van der Waals surface area contributed by atoms with Crippen LogP contribution in [0.2, 0.25) is 0 Å². The normalized spacial score (nSPS) is 14.3. The van der Waals surface area contributed by atoms with E-state index in [0.717, 1.165) is 44.0 Å². The number of hydrogen-bond donors (Lipinski definition) is 3. The Balaban J connectivity index is 1.53. The maximum absolute atomic E-state index is 12.1. The van der Waals surface area contributed by atoms with Gasteiger partial charge in [-0.05, 0) is 43.1 Å². The molecule has 34 heavy (non-hydrogen) atoms. The van der Waals surface area contributed by atoms with Gasteiger partial charge in [-0.25, -0.2) is 9.97 Å². The summed E-state index contributed by atoms with van der Waals surface area (Å²) >= 11 is 0. The second-order valence-corrected chi connectivity index (χ2v) is 9.18. The average molecular weight is 460 g/mol. The number of piperazine rings is 1. The minimum Gasteiger partial charge on any atom is -0.368 e. The molecule has 0 radical (unpaired) electrons. The maximum atomic E-state index is 12.1. The summed E-state index contributed by atoms with van der Waals surface area (Å²) in [6, 6.07) is 13.9. The van der Waals surface area contributed by atoms with Gasteiger partial charge in [-0.1, -0.05) is 32.0 Å².